The van der Waals surface area contributed by atoms with Crippen molar-refractivity contribution in [3.8, 4) is 16.9 Å². The minimum absolute atomic E-state index is 0.315. The first-order chi connectivity index (χ1) is 17.5. The maximum Gasteiger partial charge on any atom is 0.338 e. The summed E-state index contributed by atoms with van der Waals surface area (Å²) in [6, 6.07) is 30.2. The van der Waals surface area contributed by atoms with Crippen LogP contribution in [0.3, 0.4) is 0 Å². The van der Waals surface area contributed by atoms with Crippen molar-refractivity contribution < 1.29 is 23.9 Å². The molecule has 36 heavy (non-hydrogen) atoms. The fourth-order valence-electron chi connectivity index (χ4n) is 3.49. The number of ether oxygens (including phenoxy) is 2. The first-order valence-electron chi connectivity index (χ1n) is 11.2. The van der Waals surface area contributed by atoms with Crippen LogP contribution in [0.15, 0.2) is 103 Å². The summed E-state index contributed by atoms with van der Waals surface area (Å²) in [5, 5.41) is 5.44. The molecule has 4 aromatic rings. The van der Waals surface area contributed by atoms with Gasteiger partial charge in [-0.25, -0.2) is 4.79 Å². The van der Waals surface area contributed by atoms with E-state index in [-0.39, 0.29) is 5.91 Å². The minimum atomic E-state index is -0.590. The lowest BCUT2D eigenvalue weighted by Gasteiger charge is -2.10. The Balaban J connectivity index is 1.27. The maximum absolute atomic E-state index is 12.5. The number of rotatable bonds is 8. The molecule has 7 heteroatoms. The molecule has 0 saturated carbocycles. The molecule has 2 amide bonds. The molecule has 0 unspecified atom stereocenters. The molecule has 0 aliphatic heterocycles. The van der Waals surface area contributed by atoms with Gasteiger partial charge in [-0.1, -0.05) is 54.6 Å². The van der Waals surface area contributed by atoms with Crippen molar-refractivity contribution in [1.82, 2.24) is 0 Å². The number of benzene rings is 4. The molecule has 0 radical (unpaired) electrons. The number of hydrogen-bond donors (Lipinski definition) is 2. The molecular formula is C29H24N2O5. The van der Waals surface area contributed by atoms with E-state index in [1.54, 1.807) is 54.6 Å². The molecule has 0 aromatic heterocycles. The highest BCUT2D eigenvalue weighted by atomic mass is 16.5. The van der Waals surface area contributed by atoms with Crippen LogP contribution in [0, 0.1) is 0 Å². The van der Waals surface area contributed by atoms with Crippen molar-refractivity contribution in [1.29, 1.82) is 0 Å². The number of esters is 1. The molecule has 0 aliphatic carbocycles. The maximum atomic E-state index is 12.5. The topological polar surface area (TPSA) is 93.7 Å². The van der Waals surface area contributed by atoms with Crippen molar-refractivity contribution in [2.75, 3.05) is 24.4 Å². The van der Waals surface area contributed by atoms with Gasteiger partial charge in [0.05, 0.1) is 18.4 Å². The summed E-state index contributed by atoms with van der Waals surface area (Å²) in [7, 11) is 1.53. The van der Waals surface area contributed by atoms with Gasteiger partial charge < -0.3 is 20.1 Å². The van der Waals surface area contributed by atoms with E-state index < -0.39 is 18.5 Å². The molecule has 0 atom stereocenters. The molecule has 180 valence electrons. The van der Waals surface area contributed by atoms with Gasteiger partial charge in [0.15, 0.2) is 6.61 Å². The van der Waals surface area contributed by atoms with E-state index >= 15 is 0 Å². The molecule has 0 aliphatic rings. The normalized spacial score (nSPS) is 10.2. The van der Waals surface area contributed by atoms with E-state index in [0.29, 0.717) is 28.3 Å². The summed E-state index contributed by atoms with van der Waals surface area (Å²) in [6.45, 7) is -0.435. The third-order valence-electron chi connectivity index (χ3n) is 5.35. The van der Waals surface area contributed by atoms with E-state index in [1.165, 1.54) is 7.11 Å². The summed E-state index contributed by atoms with van der Waals surface area (Å²) in [5.74, 6) is -0.843. The zero-order valence-electron chi connectivity index (χ0n) is 19.6. The van der Waals surface area contributed by atoms with Gasteiger partial charge in [-0.2, -0.15) is 0 Å². The lowest BCUT2D eigenvalue weighted by atomic mass is 10.0. The van der Waals surface area contributed by atoms with Gasteiger partial charge in [0.25, 0.3) is 11.8 Å². The Morgan fingerprint density at radius 3 is 1.97 bits per heavy atom. The van der Waals surface area contributed by atoms with Gasteiger partial charge in [-0.05, 0) is 59.7 Å². The van der Waals surface area contributed by atoms with E-state index in [4.69, 9.17) is 9.47 Å². The van der Waals surface area contributed by atoms with Crippen LogP contribution in [0.25, 0.3) is 11.1 Å². The van der Waals surface area contributed by atoms with E-state index in [9.17, 15) is 14.4 Å². The molecule has 4 aromatic carbocycles. The predicted octanol–water partition coefficient (Wildman–Crippen LogP) is 5.41. The number of nitrogens with one attached hydrogen (secondary N) is 2. The zero-order valence-corrected chi connectivity index (χ0v) is 19.6. The fraction of sp³-hybridized carbons (Fsp3) is 0.0690. The number of carbonyl (C=O) groups excluding carboxylic acids is 3. The molecule has 7 nitrogen and oxygen atoms in total. The van der Waals surface area contributed by atoms with Gasteiger partial charge >= 0.3 is 5.97 Å². The van der Waals surface area contributed by atoms with Gasteiger partial charge in [-0.3, -0.25) is 9.59 Å². The van der Waals surface area contributed by atoms with Crippen molar-refractivity contribution in [3.05, 3.63) is 114 Å². The molecular weight excluding hydrogens is 456 g/mol. The van der Waals surface area contributed by atoms with E-state index in [1.807, 2.05) is 48.5 Å². The molecule has 0 bridgehead atoms. The Labute approximate surface area is 208 Å². The van der Waals surface area contributed by atoms with Gasteiger partial charge in [-0.15, -0.1) is 0 Å². The highest BCUT2D eigenvalue weighted by molar-refractivity contribution is 6.05. The van der Waals surface area contributed by atoms with Crippen LogP contribution in [0.2, 0.25) is 0 Å². The Bertz CT molecular complexity index is 1350. The van der Waals surface area contributed by atoms with Gasteiger partial charge in [0, 0.05) is 11.3 Å². The highest BCUT2D eigenvalue weighted by Gasteiger charge is 2.12. The van der Waals surface area contributed by atoms with Gasteiger partial charge in [0.1, 0.15) is 5.75 Å². The number of methoxy groups -OCH3 is 1. The Hall–Kier alpha value is -4.91. The number of carbonyl (C=O) groups is 3. The lowest BCUT2D eigenvalue weighted by Crippen LogP contribution is -2.21. The van der Waals surface area contributed by atoms with Crippen LogP contribution in [0.1, 0.15) is 20.7 Å². The lowest BCUT2D eigenvalue weighted by molar-refractivity contribution is -0.119. The smallest absolute Gasteiger partial charge is 0.338 e. The first kappa shape index (κ1) is 24.2. The molecule has 2 N–H and O–H groups in total. The number of anilines is 2. The monoisotopic (exact) mass is 480 g/mol. The number of para-hydroxylation sites is 2. The second-order valence-corrected chi connectivity index (χ2v) is 7.80. The van der Waals surface area contributed by atoms with E-state index in [0.717, 1.165) is 11.1 Å². The fourth-order valence-corrected chi connectivity index (χ4v) is 3.49. The molecule has 0 fully saturated rings. The largest absolute Gasteiger partial charge is 0.495 e. The number of hydrogen-bond acceptors (Lipinski definition) is 5. The second kappa shape index (κ2) is 11.5. The summed E-state index contributed by atoms with van der Waals surface area (Å²) in [6.07, 6.45) is 0. The van der Waals surface area contributed by atoms with Crippen LogP contribution in [-0.2, 0) is 9.53 Å². The van der Waals surface area contributed by atoms with Crippen molar-refractivity contribution in [2.24, 2.45) is 0 Å². The van der Waals surface area contributed by atoms with Crippen molar-refractivity contribution in [2.45, 2.75) is 0 Å². The van der Waals surface area contributed by atoms with E-state index in [2.05, 4.69) is 10.6 Å². The SMILES string of the molecule is COc1ccccc1NC(=O)c1ccc(NC(=O)COC(=O)c2ccc(-c3ccccc3)cc2)cc1. The third kappa shape index (κ3) is 6.15. The minimum Gasteiger partial charge on any atom is -0.495 e. The molecule has 0 saturated heterocycles. The quantitative estimate of drug-likeness (QED) is 0.329. The molecule has 0 heterocycles. The summed E-state index contributed by atoms with van der Waals surface area (Å²) < 4.78 is 10.4. The summed E-state index contributed by atoms with van der Waals surface area (Å²) in [5.41, 5.74) is 3.80. The summed E-state index contributed by atoms with van der Waals surface area (Å²) >= 11 is 0. The Morgan fingerprint density at radius 1 is 0.667 bits per heavy atom. The third-order valence-corrected chi connectivity index (χ3v) is 5.35. The van der Waals surface area contributed by atoms with Crippen LogP contribution in [-0.4, -0.2) is 31.5 Å². The zero-order chi connectivity index (χ0) is 25.3. The molecule has 0 spiro atoms. The standard InChI is InChI=1S/C29H24N2O5/c1-35-26-10-6-5-9-25(26)31-28(33)22-15-17-24(18-16-22)30-27(32)19-36-29(34)23-13-11-21(12-14-23)20-7-3-2-4-8-20/h2-18H,19H2,1H3,(H,30,32)(H,31,33). The first-order valence-corrected chi connectivity index (χ1v) is 11.2. The average Bonchev–Trinajstić information content (AvgIpc) is 2.93. The predicted molar refractivity (Wildman–Crippen MR) is 138 cm³/mol. The van der Waals surface area contributed by atoms with Crippen LogP contribution >= 0.6 is 0 Å². The van der Waals surface area contributed by atoms with Gasteiger partial charge in [0.2, 0.25) is 0 Å². The van der Waals surface area contributed by atoms with Crippen molar-refractivity contribution >= 4 is 29.2 Å². The second-order valence-electron chi connectivity index (χ2n) is 7.80. The Kier molecular flexibility index (Phi) is 7.73. The van der Waals surface area contributed by atoms with Crippen molar-refractivity contribution in [3.63, 3.8) is 0 Å². The summed E-state index contributed by atoms with van der Waals surface area (Å²) in [4.78, 5) is 37.1. The Morgan fingerprint density at radius 2 is 1.28 bits per heavy atom. The molecule has 4 rings (SSSR count). The van der Waals surface area contributed by atoms with Crippen LogP contribution in [0.5, 0.6) is 5.75 Å². The average molecular weight is 481 g/mol. The highest BCUT2D eigenvalue weighted by Crippen LogP contribution is 2.24. The van der Waals surface area contributed by atoms with Crippen LogP contribution in [0.4, 0.5) is 11.4 Å². The number of amides is 2. The van der Waals surface area contributed by atoms with Crippen LogP contribution < -0.4 is 15.4 Å².